The highest BCUT2D eigenvalue weighted by molar-refractivity contribution is 5.48. The molecule has 0 aliphatic rings. The molecule has 0 bridgehead atoms. The van der Waals surface area contributed by atoms with Gasteiger partial charge in [0.1, 0.15) is 0 Å². The number of rotatable bonds is 3. The van der Waals surface area contributed by atoms with Gasteiger partial charge in [0.2, 0.25) is 0 Å². The number of nitrogens with two attached hydrogens (primary N) is 1. The van der Waals surface area contributed by atoms with Crippen LogP contribution in [0.15, 0.2) is 42.1 Å². The topological polar surface area (TPSA) is 26.0 Å². The van der Waals surface area contributed by atoms with Crippen molar-refractivity contribution in [3.05, 3.63) is 47.7 Å². The van der Waals surface area contributed by atoms with Gasteiger partial charge in [-0.15, -0.1) is 5.73 Å². The molecule has 1 aromatic rings. The van der Waals surface area contributed by atoms with Crippen molar-refractivity contribution >= 4 is 6.08 Å². The summed E-state index contributed by atoms with van der Waals surface area (Å²) in [5, 5.41) is 0. The Morgan fingerprint density at radius 2 is 2.08 bits per heavy atom. The Morgan fingerprint density at radius 1 is 1.38 bits per heavy atom. The van der Waals surface area contributed by atoms with Crippen molar-refractivity contribution in [3.8, 4) is 0 Å². The first-order valence-corrected chi connectivity index (χ1v) is 4.56. The molecule has 0 spiro atoms. The van der Waals surface area contributed by atoms with Crippen molar-refractivity contribution < 1.29 is 0 Å². The van der Waals surface area contributed by atoms with Crippen LogP contribution in [0.25, 0.3) is 6.08 Å². The van der Waals surface area contributed by atoms with Crippen LogP contribution in [-0.2, 0) is 0 Å². The molecule has 1 rings (SSSR count). The van der Waals surface area contributed by atoms with Crippen molar-refractivity contribution in [3.63, 3.8) is 0 Å². The van der Waals surface area contributed by atoms with E-state index in [9.17, 15) is 0 Å². The first kappa shape index (κ1) is 9.79. The zero-order chi connectivity index (χ0) is 9.52. The zero-order valence-corrected chi connectivity index (χ0v) is 7.90. The summed E-state index contributed by atoms with van der Waals surface area (Å²) < 4.78 is 0. The van der Waals surface area contributed by atoms with E-state index in [1.165, 1.54) is 0 Å². The third-order valence-electron chi connectivity index (χ3n) is 1.83. The van der Waals surface area contributed by atoms with Crippen molar-refractivity contribution in [2.75, 3.05) is 0 Å². The molecule has 0 saturated heterocycles. The molecule has 13 heavy (non-hydrogen) atoms. The second-order valence-corrected chi connectivity index (χ2v) is 2.96. The van der Waals surface area contributed by atoms with Gasteiger partial charge in [-0.3, -0.25) is 0 Å². The number of hydrogen-bond donors (Lipinski definition) is 1. The van der Waals surface area contributed by atoms with Gasteiger partial charge in [-0.2, -0.15) is 0 Å². The Kier molecular flexibility index (Phi) is 4.04. The lowest BCUT2D eigenvalue weighted by Crippen LogP contribution is -2.13. The molecule has 0 aliphatic carbocycles. The van der Waals surface area contributed by atoms with Crippen LogP contribution in [-0.4, -0.2) is 6.04 Å². The largest absolute Gasteiger partial charge is 0.324 e. The predicted octanol–water partition coefficient (Wildman–Crippen LogP) is 2.59. The maximum absolute atomic E-state index is 5.70. The Bertz CT molecular complexity index is 294. The molecular formula is C12H15N. The quantitative estimate of drug-likeness (QED) is 0.698. The van der Waals surface area contributed by atoms with E-state index >= 15 is 0 Å². The van der Waals surface area contributed by atoms with Crippen molar-refractivity contribution in [1.82, 2.24) is 0 Å². The maximum Gasteiger partial charge on any atom is 0.0296 e. The fraction of sp³-hybridized carbons (Fsp3) is 0.250. The van der Waals surface area contributed by atoms with Gasteiger partial charge in [0.15, 0.2) is 0 Å². The Labute approximate surface area is 79.6 Å². The van der Waals surface area contributed by atoms with Gasteiger partial charge in [0.25, 0.3) is 0 Å². The van der Waals surface area contributed by atoms with Gasteiger partial charge in [-0.05, 0) is 24.1 Å². The fourth-order valence-corrected chi connectivity index (χ4v) is 0.935. The molecule has 1 atom stereocenters. The van der Waals surface area contributed by atoms with E-state index in [1.807, 2.05) is 42.5 Å². The van der Waals surface area contributed by atoms with Gasteiger partial charge in [-0.1, -0.05) is 37.3 Å². The first-order valence-electron chi connectivity index (χ1n) is 4.56. The molecule has 0 heterocycles. The molecular weight excluding hydrogens is 158 g/mol. The van der Waals surface area contributed by atoms with Crippen molar-refractivity contribution in [1.29, 1.82) is 0 Å². The number of benzene rings is 1. The molecule has 0 saturated carbocycles. The van der Waals surface area contributed by atoms with Gasteiger partial charge in [0, 0.05) is 6.04 Å². The van der Waals surface area contributed by atoms with E-state index in [1.54, 1.807) is 0 Å². The molecule has 1 aromatic carbocycles. The molecule has 1 nitrogen and oxygen atoms in total. The van der Waals surface area contributed by atoms with Crippen LogP contribution < -0.4 is 5.73 Å². The van der Waals surface area contributed by atoms with E-state index in [0.717, 1.165) is 12.0 Å². The molecule has 0 amide bonds. The molecule has 0 radical (unpaired) electrons. The molecule has 0 aliphatic heterocycles. The Hall–Kier alpha value is -1.30. The third kappa shape index (κ3) is 3.75. The molecule has 0 fully saturated rings. The summed E-state index contributed by atoms with van der Waals surface area (Å²) in [6, 6.07) is 10.2. The highest BCUT2D eigenvalue weighted by Gasteiger charge is 1.87. The summed E-state index contributed by atoms with van der Waals surface area (Å²) in [7, 11) is 0. The standard InChI is InChI=1S/C12H15N/c1-2-12(13)10-6-9-11-7-4-3-5-8-11/h3-5,7-10,12H,2,13H2,1H3. The molecule has 0 aromatic heterocycles. The van der Waals surface area contributed by atoms with Gasteiger partial charge in [-0.25, -0.2) is 0 Å². The van der Waals surface area contributed by atoms with Crippen LogP contribution in [0, 0.1) is 0 Å². The summed E-state index contributed by atoms with van der Waals surface area (Å²) in [5.41, 5.74) is 9.93. The second kappa shape index (κ2) is 5.36. The second-order valence-electron chi connectivity index (χ2n) is 2.96. The van der Waals surface area contributed by atoms with Gasteiger partial charge < -0.3 is 5.73 Å². The zero-order valence-electron chi connectivity index (χ0n) is 7.90. The lowest BCUT2D eigenvalue weighted by molar-refractivity contribution is 0.784. The minimum absolute atomic E-state index is 0.125. The van der Waals surface area contributed by atoms with Gasteiger partial charge >= 0.3 is 0 Å². The summed E-state index contributed by atoms with van der Waals surface area (Å²) in [6.07, 6.45) is 4.79. The summed E-state index contributed by atoms with van der Waals surface area (Å²) in [6.45, 7) is 2.06. The third-order valence-corrected chi connectivity index (χ3v) is 1.83. The van der Waals surface area contributed by atoms with Crippen LogP contribution >= 0.6 is 0 Å². The summed E-state index contributed by atoms with van der Waals surface area (Å²) in [5.74, 6) is 0. The average molecular weight is 173 g/mol. The summed E-state index contributed by atoms with van der Waals surface area (Å²) >= 11 is 0. The lowest BCUT2D eigenvalue weighted by Gasteiger charge is -1.95. The Morgan fingerprint density at radius 3 is 2.69 bits per heavy atom. The highest BCUT2D eigenvalue weighted by Crippen LogP contribution is 1.99. The lowest BCUT2D eigenvalue weighted by atomic mass is 10.2. The fourth-order valence-electron chi connectivity index (χ4n) is 0.935. The molecule has 1 heteroatoms. The van der Waals surface area contributed by atoms with Crippen molar-refractivity contribution in [2.24, 2.45) is 5.73 Å². The normalized spacial score (nSPS) is 11.5. The van der Waals surface area contributed by atoms with E-state index in [2.05, 4.69) is 12.7 Å². The van der Waals surface area contributed by atoms with E-state index < -0.39 is 0 Å². The van der Waals surface area contributed by atoms with E-state index in [0.29, 0.717) is 0 Å². The minimum atomic E-state index is 0.125. The van der Waals surface area contributed by atoms with Crippen LogP contribution in [0.4, 0.5) is 0 Å². The highest BCUT2D eigenvalue weighted by atomic mass is 14.6. The monoisotopic (exact) mass is 173 g/mol. The average Bonchev–Trinajstić information content (AvgIpc) is 2.19. The van der Waals surface area contributed by atoms with Crippen LogP contribution in [0.2, 0.25) is 0 Å². The first-order chi connectivity index (χ1) is 6.33. The van der Waals surface area contributed by atoms with E-state index in [4.69, 9.17) is 5.73 Å². The minimum Gasteiger partial charge on any atom is -0.324 e. The van der Waals surface area contributed by atoms with Crippen LogP contribution in [0.3, 0.4) is 0 Å². The molecule has 68 valence electrons. The molecule has 1 unspecified atom stereocenters. The predicted molar refractivity (Wildman–Crippen MR) is 57.3 cm³/mol. The van der Waals surface area contributed by atoms with Crippen molar-refractivity contribution in [2.45, 2.75) is 19.4 Å². The smallest absolute Gasteiger partial charge is 0.0296 e. The Balaban J connectivity index is 2.63. The molecule has 2 N–H and O–H groups in total. The summed E-state index contributed by atoms with van der Waals surface area (Å²) in [4.78, 5) is 0. The van der Waals surface area contributed by atoms with E-state index in [-0.39, 0.29) is 6.04 Å². The number of hydrogen-bond acceptors (Lipinski definition) is 1. The SMILES string of the molecule is CCC(N)C=C=Cc1ccccc1. The maximum atomic E-state index is 5.70. The van der Waals surface area contributed by atoms with Gasteiger partial charge in [0.05, 0.1) is 0 Å². The van der Waals surface area contributed by atoms with Crippen LogP contribution in [0.5, 0.6) is 0 Å². The van der Waals surface area contributed by atoms with Crippen LogP contribution in [0.1, 0.15) is 18.9 Å².